The predicted molar refractivity (Wildman–Crippen MR) is 87.1 cm³/mol. The number of likely N-dealkylation sites (N-methyl/N-ethyl adjacent to an activating group) is 1. The molecule has 23 heavy (non-hydrogen) atoms. The third-order valence-electron chi connectivity index (χ3n) is 4.71. The Balaban J connectivity index is 1.81. The number of hydrogen-bond acceptors (Lipinski definition) is 4. The molecule has 5 nitrogen and oxygen atoms in total. The smallest absolute Gasteiger partial charge is 0.227 e. The highest BCUT2D eigenvalue weighted by Crippen LogP contribution is 2.29. The average molecular weight is 314 g/mol. The van der Waals surface area contributed by atoms with E-state index < -0.39 is 0 Å². The third-order valence-corrected chi connectivity index (χ3v) is 4.71. The molecule has 0 bridgehead atoms. The van der Waals surface area contributed by atoms with Crippen molar-refractivity contribution in [1.82, 2.24) is 10.1 Å². The second-order valence-electron chi connectivity index (χ2n) is 6.24. The number of aromatic nitrogens is 1. The Morgan fingerprint density at radius 3 is 2.61 bits per heavy atom. The molecular weight excluding hydrogens is 292 g/mol. The highest BCUT2D eigenvalue weighted by Gasteiger charge is 2.26. The van der Waals surface area contributed by atoms with Gasteiger partial charge in [0.05, 0.1) is 12.1 Å². The molecular formula is C18H22N2O3. The van der Waals surface area contributed by atoms with Gasteiger partial charge in [-0.05, 0) is 44.0 Å². The lowest BCUT2D eigenvalue weighted by Gasteiger charge is -2.24. The summed E-state index contributed by atoms with van der Waals surface area (Å²) in [6.07, 6.45) is 4.88. The van der Waals surface area contributed by atoms with Crippen LogP contribution in [0.3, 0.4) is 0 Å². The maximum Gasteiger partial charge on any atom is 0.227 e. The number of carbonyl (C=O) groups is 1. The standard InChI is InChI=1S/C18H22N2O3/c1-12-16(11-17(22)20(2)14-5-3-4-6-14)18(23-19-12)13-7-9-15(21)10-8-13/h7-10,14,21H,3-6,11H2,1-2H3. The number of rotatable bonds is 4. The first-order valence-corrected chi connectivity index (χ1v) is 8.06. The number of phenolic OH excluding ortho intramolecular Hbond substituents is 1. The Hall–Kier alpha value is -2.30. The Labute approximate surface area is 135 Å². The summed E-state index contributed by atoms with van der Waals surface area (Å²) in [7, 11) is 1.89. The monoisotopic (exact) mass is 314 g/mol. The Morgan fingerprint density at radius 1 is 1.30 bits per heavy atom. The molecule has 1 aromatic carbocycles. The number of benzene rings is 1. The fraction of sp³-hybridized carbons (Fsp3) is 0.444. The predicted octanol–water partition coefficient (Wildman–Crippen LogP) is 3.30. The first-order valence-electron chi connectivity index (χ1n) is 8.06. The van der Waals surface area contributed by atoms with Crippen molar-refractivity contribution >= 4 is 5.91 Å². The quantitative estimate of drug-likeness (QED) is 0.940. The lowest BCUT2D eigenvalue weighted by molar-refractivity contribution is -0.131. The molecule has 1 saturated carbocycles. The van der Waals surface area contributed by atoms with Crippen LogP contribution >= 0.6 is 0 Å². The van der Waals surface area contributed by atoms with Crippen LogP contribution in [0.4, 0.5) is 0 Å². The van der Waals surface area contributed by atoms with Crippen LogP contribution in [0, 0.1) is 6.92 Å². The topological polar surface area (TPSA) is 66.6 Å². The normalized spacial score (nSPS) is 15.0. The minimum Gasteiger partial charge on any atom is -0.508 e. The molecule has 1 amide bonds. The second kappa shape index (κ2) is 6.44. The highest BCUT2D eigenvalue weighted by molar-refractivity contribution is 5.81. The zero-order chi connectivity index (χ0) is 16.4. The Morgan fingerprint density at radius 2 is 1.96 bits per heavy atom. The van der Waals surface area contributed by atoms with Gasteiger partial charge in [-0.3, -0.25) is 4.79 Å². The zero-order valence-corrected chi connectivity index (χ0v) is 13.6. The number of carbonyl (C=O) groups excluding carboxylic acids is 1. The van der Waals surface area contributed by atoms with Crippen molar-refractivity contribution < 1.29 is 14.4 Å². The van der Waals surface area contributed by atoms with Gasteiger partial charge in [-0.2, -0.15) is 0 Å². The summed E-state index contributed by atoms with van der Waals surface area (Å²) in [5.74, 6) is 0.905. The van der Waals surface area contributed by atoms with Crippen LogP contribution in [0.2, 0.25) is 0 Å². The van der Waals surface area contributed by atoms with E-state index >= 15 is 0 Å². The van der Waals surface area contributed by atoms with Gasteiger partial charge in [0.25, 0.3) is 0 Å². The molecule has 1 aliphatic rings. The number of aryl methyl sites for hydroxylation is 1. The summed E-state index contributed by atoms with van der Waals surface area (Å²) in [5, 5.41) is 13.4. The van der Waals surface area contributed by atoms with Crippen molar-refractivity contribution in [2.45, 2.75) is 45.1 Å². The van der Waals surface area contributed by atoms with Crippen LogP contribution in [0.15, 0.2) is 28.8 Å². The van der Waals surface area contributed by atoms with Crippen molar-refractivity contribution in [3.05, 3.63) is 35.5 Å². The molecule has 1 aromatic heterocycles. The summed E-state index contributed by atoms with van der Waals surface area (Å²) in [4.78, 5) is 14.5. The van der Waals surface area contributed by atoms with E-state index in [1.54, 1.807) is 24.3 Å². The van der Waals surface area contributed by atoms with Crippen LogP contribution in [-0.4, -0.2) is 34.2 Å². The summed E-state index contributed by atoms with van der Waals surface area (Å²) >= 11 is 0. The van der Waals surface area contributed by atoms with Gasteiger partial charge in [0.2, 0.25) is 5.91 Å². The molecule has 0 atom stereocenters. The minimum atomic E-state index is 0.100. The Bertz CT molecular complexity index is 685. The van der Waals surface area contributed by atoms with Crippen molar-refractivity contribution in [2.75, 3.05) is 7.05 Å². The van der Waals surface area contributed by atoms with E-state index in [9.17, 15) is 9.90 Å². The largest absolute Gasteiger partial charge is 0.508 e. The van der Waals surface area contributed by atoms with Gasteiger partial charge in [0.1, 0.15) is 5.75 Å². The van der Waals surface area contributed by atoms with Gasteiger partial charge in [-0.1, -0.05) is 18.0 Å². The van der Waals surface area contributed by atoms with E-state index in [0.29, 0.717) is 18.2 Å². The lowest BCUT2D eigenvalue weighted by atomic mass is 10.0. The Kier molecular flexibility index (Phi) is 4.37. The zero-order valence-electron chi connectivity index (χ0n) is 13.6. The number of aromatic hydroxyl groups is 1. The van der Waals surface area contributed by atoms with Gasteiger partial charge in [-0.25, -0.2) is 0 Å². The fourth-order valence-electron chi connectivity index (χ4n) is 3.21. The van der Waals surface area contributed by atoms with Gasteiger partial charge >= 0.3 is 0 Å². The van der Waals surface area contributed by atoms with Crippen LogP contribution in [0.5, 0.6) is 5.75 Å². The molecule has 2 aromatic rings. The molecule has 0 saturated heterocycles. The maximum atomic E-state index is 12.6. The SMILES string of the molecule is Cc1noc(-c2ccc(O)cc2)c1CC(=O)N(C)C1CCCC1. The molecule has 0 radical (unpaired) electrons. The first-order chi connectivity index (χ1) is 11.1. The fourth-order valence-corrected chi connectivity index (χ4v) is 3.21. The maximum absolute atomic E-state index is 12.6. The number of phenols is 1. The number of amides is 1. The molecule has 1 N–H and O–H groups in total. The highest BCUT2D eigenvalue weighted by atomic mass is 16.5. The van der Waals surface area contributed by atoms with E-state index in [4.69, 9.17) is 4.52 Å². The van der Waals surface area contributed by atoms with Crippen LogP contribution in [0.25, 0.3) is 11.3 Å². The van der Waals surface area contributed by atoms with E-state index in [1.165, 1.54) is 12.8 Å². The van der Waals surface area contributed by atoms with Crippen molar-refractivity contribution in [2.24, 2.45) is 0 Å². The first kappa shape index (κ1) is 15.6. The second-order valence-corrected chi connectivity index (χ2v) is 6.24. The molecule has 1 heterocycles. The molecule has 0 spiro atoms. The molecule has 5 heteroatoms. The average Bonchev–Trinajstić information content (AvgIpc) is 3.19. The number of hydrogen-bond donors (Lipinski definition) is 1. The summed E-state index contributed by atoms with van der Waals surface area (Å²) in [5.41, 5.74) is 2.38. The minimum absolute atomic E-state index is 0.100. The van der Waals surface area contributed by atoms with Crippen LogP contribution in [0.1, 0.15) is 36.9 Å². The molecule has 122 valence electrons. The van der Waals surface area contributed by atoms with Crippen LogP contribution < -0.4 is 0 Å². The lowest BCUT2D eigenvalue weighted by Crippen LogP contribution is -2.36. The van der Waals surface area contributed by atoms with E-state index in [-0.39, 0.29) is 11.7 Å². The number of nitrogens with zero attached hydrogens (tertiary/aromatic N) is 2. The molecule has 0 unspecified atom stereocenters. The molecule has 1 fully saturated rings. The van der Waals surface area contributed by atoms with E-state index in [1.807, 2.05) is 18.9 Å². The van der Waals surface area contributed by atoms with Gasteiger partial charge < -0.3 is 14.5 Å². The third kappa shape index (κ3) is 3.23. The molecule has 0 aliphatic heterocycles. The molecule has 3 rings (SSSR count). The van der Waals surface area contributed by atoms with E-state index in [2.05, 4.69) is 5.16 Å². The summed E-state index contributed by atoms with van der Waals surface area (Å²) in [6, 6.07) is 7.10. The summed E-state index contributed by atoms with van der Waals surface area (Å²) in [6.45, 7) is 1.85. The summed E-state index contributed by atoms with van der Waals surface area (Å²) < 4.78 is 5.43. The van der Waals surface area contributed by atoms with Crippen LogP contribution in [-0.2, 0) is 11.2 Å². The van der Waals surface area contributed by atoms with Gasteiger partial charge in [0, 0.05) is 24.2 Å². The van der Waals surface area contributed by atoms with Crippen molar-refractivity contribution in [1.29, 1.82) is 0 Å². The van der Waals surface area contributed by atoms with Crippen molar-refractivity contribution in [3.63, 3.8) is 0 Å². The van der Waals surface area contributed by atoms with Gasteiger partial charge in [0.15, 0.2) is 5.76 Å². The molecule has 1 aliphatic carbocycles. The van der Waals surface area contributed by atoms with Crippen molar-refractivity contribution in [3.8, 4) is 17.1 Å². The van der Waals surface area contributed by atoms with E-state index in [0.717, 1.165) is 29.7 Å². The van der Waals surface area contributed by atoms with Gasteiger partial charge in [-0.15, -0.1) is 0 Å².